The summed E-state index contributed by atoms with van der Waals surface area (Å²) in [6.45, 7) is 1.68. The highest BCUT2D eigenvalue weighted by Crippen LogP contribution is 2.34. The zero-order chi connectivity index (χ0) is 9.73. The lowest BCUT2D eigenvalue weighted by Crippen LogP contribution is -1.95. The Labute approximate surface area is 77.8 Å². The first-order valence-electron chi connectivity index (χ1n) is 3.99. The fourth-order valence-electron chi connectivity index (χ4n) is 0.907. The molecule has 4 heteroatoms. The van der Waals surface area contributed by atoms with Crippen LogP contribution in [-0.2, 0) is 15.9 Å². The van der Waals surface area contributed by atoms with Gasteiger partial charge < -0.3 is 9.63 Å². The van der Waals surface area contributed by atoms with Crippen molar-refractivity contribution in [3.8, 4) is 0 Å². The molecule has 0 spiro atoms. The lowest BCUT2D eigenvalue weighted by Gasteiger charge is -2.06. The van der Waals surface area contributed by atoms with E-state index >= 15 is 0 Å². The second-order valence-corrected chi connectivity index (χ2v) is 5.37. The van der Waals surface area contributed by atoms with E-state index in [1.54, 1.807) is 0 Å². The van der Waals surface area contributed by atoms with Crippen LogP contribution in [0.25, 0.3) is 0 Å². The Balaban J connectivity index is 2.33. The van der Waals surface area contributed by atoms with Crippen molar-refractivity contribution in [3.05, 3.63) is 35.9 Å². The summed E-state index contributed by atoms with van der Waals surface area (Å²) in [5.74, 6) is 0. The van der Waals surface area contributed by atoms with Crippen LogP contribution in [0.5, 0.6) is 0 Å². The molecule has 0 aliphatic rings. The van der Waals surface area contributed by atoms with Crippen molar-refractivity contribution in [1.29, 1.82) is 0 Å². The minimum atomic E-state index is -3.02. The number of hydrogen-bond donors (Lipinski definition) is 1. The van der Waals surface area contributed by atoms with Gasteiger partial charge in [-0.2, -0.15) is 0 Å². The van der Waals surface area contributed by atoms with Crippen LogP contribution in [0.1, 0.15) is 5.56 Å². The van der Waals surface area contributed by atoms with Crippen LogP contribution in [0.3, 0.4) is 0 Å². The first-order valence-corrected chi connectivity index (χ1v) is 6.28. The first-order chi connectivity index (χ1) is 6.08. The third-order valence-corrected chi connectivity index (χ3v) is 2.10. The maximum atomic E-state index is 10.8. The standard InChI is InChI=1S/C9H13O3P/c1-13(10,11)8-12-7-9-5-3-2-4-6-9/h2-6H,7-8H2,1H3,(H,10,11). The van der Waals surface area contributed by atoms with Crippen LogP contribution in [0.4, 0.5) is 0 Å². The zero-order valence-corrected chi connectivity index (χ0v) is 8.41. The van der Waals surface area contributed by atoms with Gasteiger partial charge in [0.2, 0.25) is 7.37 Å². The summed E-state index contributed by atoms with van der Waals surface area (Å²) in [6.07, 6.45) is -0.0815. The van der Waals surface area contributed by atoms with E-state index in [1.807, 2.05) is 30.3 Å². The minimum absolute atomic E-state index is 0.0815. The van der Waals surface area contributed by atoms with Crippen LogP contribution in [0.2, 0.25) is 0 Å². The molecule has 0 fully saturated rings. The lowest BCUT2D eigenvalue weighted by molar-refractivity contribution is 0.156. The predicted molar refractivity (Wildman–Crippen MR) is 51.8 cm³/mol. The Bertz CT molecular complexity index is 291. The monoisotopic (exact) mass is 200 g/mol. The van der Waals surface area contributed by atoms with Gasteiger partial charge in [-0.1, -0.05) is 30.3 Å². The second kappa shape index (κ2) is 4.56. The van der Waals surface area contributed by atoms with E-state index in [1.165, 1.54) is 6.66 Å². The molecule has 0 amide bonds. The summed E-state index contributed by atoms with van der Waals surface area (Å²) in [4.78, 5) is 8.93. The molecule has 1 rings (SSSR count). The molecule has 0 aliphatic heterocycles. The molecule has 3 nitrogen and oxygen atoms in total. The van der Waals surface area contributed by atoms with Gasteiger partial charge in [0.25, 0.3) is 0 Å². The number of benzene rings is 1. The van der Waals surface area contributed by atoms with E-state index in [0.29, 0.717) is 6.61 Å². The number of ether oxygens (including phenoxy) is 1. The molecule has 0 bridgehead atoms. The summed E-state index contributed by atoms with van der Waals surface area (Å²) < 4.78 is 15.9. The molecule has 1 aromatic carbocycles. The Kier molecular flexibility index (Phi) is 3.67. The zero-order valence-electron chi connectivity index (χ0n) is 7.51. The molecular weight excluding hydrogens is 187 g/mol. The maximum Gasteiger partial charge on any atom is 0.222 e. The molecule has 1 atom stereocenters. The van der Waals surface area contributed by atoms with Crippen LogP contribution in [0.15, 0.2) is 30.3 Å². The molecular formula is C9H13O3P. The summed E-state index contributed by atoms with van der Waals surface area (Å²) >= 11 is 0. The fraction of sp³-hybridized carbons (Fsp3) is 0.333. The smallest absolute Gasteiger partial charge is 0.222 e. The van der Waals surface area contributed by atoms with Crippen molar-refractivity contribution in [2.45, 2.75) is 6.61 Å². The molecule has 0 saturated carbocycles. The summed E-state index contributed by atoms with van der Waals surface area (Å²) in [5, 5.41) is 0. The molecule has 1 aromatic rings. The molecule has 72 valence electrons. The molecule has 1 N–H and O–H groups in total. The second-order valence-electron chi connectivity index (χ2n) is 3.01. The van der Waals surface area contributed by atoms with Gasteiger partial charge in [0.1, 0.15) is 6.35 Å². The SMILES string of the molecule is CP(=O)(O)COCc1ccccc1. The van der Waals surface area contributed by atoms with E-state index in [-0.39, 0.29) is 6.35 Å². The van der Waals surface area contributed by atoms with Crippen LogP contribution >= 0.6 is 7.37 Å². The summed E-state index contributed by atoms with van der Waals surface area (Å²) in [6, 6.07) is 9.56. The van der Waals surface area contributed by atoms with Gasteiger partial charge in [-0.3, -0.25) is 4.57 Å². The summed E-state index contributed by atoms with van der Waals surface area (Å²) in [5.41, 5.74) is 1.01. The first kappa shape index (κ1) is 10.5. The summed E-state index contributed by atoms with van der Waals surface area (Å²) in [7, 11) is -3.02. The predicted octanol–water partition coefficient (Wildman–Crippen LogP) is 2.06. The van der Waals surface area contributed by atoms with Crippen molar-refractivity contribution < 1.29 is 14.2 Å². The molecule has 13 heavy (non-hydrogen) atoms. The van der Waals surface area contributed by atoms with E-state index < -0.39 is 7.37 Å². The Morgan fingerprint density at radius 2 is 2.00 bits per heavy atom. The van der Waals surface area contributed by atoms with Crippen molar-refractivity contribution in [1.82, 2.24) is 0 Å². The molecule has 0 saturated heterocycles. The fourth-order valence-corrected chi connectivity index (χ4v) is 1.34. The van der Waals surface area contributed by atoms with Gasteiger partial charge in [0.05, 0.1) is 6.61 Å². The lowest BCUT2D eigenvalue weighted by atomic mass is 10.2. The van der Waals surface area contributed by atoms with Crippen molar-refractivity contribution >= 4 is 7.37 Å². The Morgan fingerprint density at radius 1 is 1.38 bits per heavy atom. The molecule has 1 unspecified atom stereocenters. The average Bonchev–Trinajstić information content (AvgIpc) is 2.04. The van der Waals surface area contributed by atoms with Gasteiger partial charge in [0.15, 0.2) is 0 Å². The maximum absolute atomic E-state index is 10.8. The average molecular weight is 200 g/mol. The van der Waals surface area contributed by atoms with Crippen molar-refractivity contribution in [3.63, 3.8) is 0 Å². The highest BCUT2D eigenvalue weighted by molar-refractivity contribution is 7.56. The molecule has 0 radical (unpaired) electrons. The quantitative estimate of drug-likeness (QED) is 0.756. The minimum Gasteiger partial charge on any atom is -0.367 e. The van der Waals surface area contributed by atoms with Crippen LogP contribution in [0, 0.1) is 0 Å². The molecule has 0 aromatic heterocycles. The van der Waals surface area contributed by atoms with Crippen molar-refractivity contribution in [2.75, 3.05) is 13.0 Å². The van der Waals surface area contributed by atoms with Gasteiger partial charge in [-0.15, -0.1) is 0 Å². The third-order valence-electron chi connectivity index (χ3n) is 1.44. The molecule has 0 aliphatic carbocycles. The van der Waals surface area contributed by atoms with E-state index in [9.17, 15) is 4.57 Å². The third kappa shape index (κ3) is 4.83. The molecule has 0 heterocycles. The van der Waals surface area contributed by atoms with Gasteiger partial charge >= 0.3 is 0 Å². The van der Waals surface area contributed by atoms with E-state index in [2.05, 4.69) is 0 Å². The topological polar surface area (TPSA) is 46.5 Å². The Hall–Kier alpha value is -0.630. The normalized spacial score (nSPS) is 15.2. The highest BCUT2D eigenvalue weighted by atomic mass is 31.2. The van der Waals surface area contributed by atoms with Gasteiger partial charge in [-0.05, 0) is 5.56 Å². The van der Waals surface area contributed by atoms with Gasteiger partial charge in [-0.25, -0.2) is 0 Å². The van der Waals surface area contributed by atoms with E-state index in [0.717, 1.165) is 5.56 Å². The van der Waals surface area contributed by atoms with Crippen LogP contribution < -0.4 is 0 Å². The largest absolute Gasteiger partial charge is 0.367 e. The number of rotatable bonds is 4. The van der Waals surface area contributed by atoms with Gasteiger partial charge in [0, 0.05) is 6.66 Å². The highest BCUT2D eigenvalue weighted by Gasteiger charge is 2.08. The number of hydrogen-bond acceptors (Lipinski definition) is 2. The Morgan fingerprint density at radius 3 is 2.54 bits per heavy atom. The van der Waals surface area contributed by atoms with Crippen molar-refractivity contribution in [2.24, 2.45) is 0 Å². The van der Waals surface area contributed by atoms with Crippen LogP contribution in [-0.4, -0.2) is 17.9 Å². The van der Waals surface area contributed by atoms with E-state index in [4.69, 9.17) is 9.63 Å².